The van der Waals surface area contributed by atoms with Gasteiger partial charge in [-0.25, -0.2) is 8.78 Å². The predicted molar refractivity (Wildman–Crippen MR) is 73.0 cm³/mol. The minimum atomic E-state index is -0.654. The third-order valence-electron chi connectivity index (χ3n) is 2.69. The summed E-state index contributed by atoms with van der Waals surface area (Å²) in [5.74, 6) is -0.467. The Morgan fingerprint density at radius 1 is 1.00 bits per heavy atom. The number of rotatable bonds is 5. The van der Waals surface area contributed by atoms with Crippen molar-refractivity contribution in [1.82, 2.24) is 0 Å². The highest BCUT2D eigenvalue weighted by molar-refractivity contribution is 5.46. The van der Waals surface area contributed by atoms with Gasteiger partial charge in [0, 0.05) is 12.1 Å². The summed E-state index contributed by atoms with van der Waals surface area (Å²) in [4.78, 5) is 0. The second kappa shape index (κ2) is 6.71. The molecule has 108 valence electrons. The van der Waals surface area contributed by atoms with Gasteiger partial charge in [-0.05, 0) is 36.8 Å². The number of nitrogens with zero attached hydrogens (tertiary/aromatic N) is 1. The van der Waals surface area contributed by atoms with Gasteiger partial charge >= 0.3 is 0 Å². The van der Waals surface area contributed by atoms with E-state index in [1.54, 1.807) is 18.2 Å². The molecule has 0 N–H and O–H groups in total. The molecule has 0 saturated carbocycles. The minimum Gasteiger partial charge on any atom is -0.490 e. The highest BCUT2D eigenvalue weighted by atomic mass is 19.1. The van der Waals surface area contributed by atoms with Crippen molar-refractivity contribution in [3.05, 3.63) is 59.2 Å². The van der Waals surface area contributed by atoms with Crippen molar-refractivity contribution in [3.8, 4) is 17.6 Å². The maximum absolute atomic E-state index is 13.1. The summed E-state index contributed by atoms with van der Waals surface area (Å²) in [5.41, 5.74) is 0.821. The first-order valence-corrected chi connectivity index (χ1v) is 6.37. The van der Waals surface area contributed by atoms with Crippen molar-refractivity contribution in [3.63, 3.8) is 0 Å². The maximum atomic E-state index is 13.1. The van der Waals surface area contributed by atoms with Gasteiger partial charge in [-0.2, -0.15) is 5.26 Å². The van der Waals surface area contributed by atoms with Crippen LogP contribution >= 0.6 is 0 Å². The van der Waals surface area contributed by atoms with Gasteiger partial charge in [0.25, 0.3) is 0 Å². The fourth-order valence-electron chi connectivity index (χ4n) is 1.82. The van der Waals surface area contributed by atoms with Gasteiger partial charge in [-0.3, -0.25) is 0 Å². The molecule has 0 atom stereocenters. The molecular weight excluding hydrogens is 276 g/mol. The van der Waals surface area contributed by atoms with Crippen molar-refractivity contribution < 1.29 is 18.3 Å². The van der Waals surface area contributed by atoms with Gasteiger partial charge in [0.1, 0.15) is 18.2 Å². The van der Waals surface area contributed by atoms with Crippen LogP contribution in [0.5, 0.6) is 11.5 Å². The van der Waals surface area contributed by atoms with Crippen molar-refractivity contribution in [2.75, 3.05) is 6.61 Å². The van der Waals surface area contributed by atoms with Crippen LogP contribution in [0.15, 0.2) is 36.4 Å². The lowest BCUT2D eigenvalue weighted by Gasteiger charge is -2.12. The molecule has 0 fully saturated rings. The lowest BCUT2D eigenvalue weighted by Crippen LogP contribution is -2.01. The van der Waals surface area contributed by atoms with Gasteiger partial charge < -0.3 is 9.47 Å². The summed E-state index contributed by atoms with van der Waals surface area (Å²) in [6.45, 7) is 2.23. The van der Waals surface area contributed by atoms with Gasteiger partial charge in [-0.15, -0.1) is 0 Å². The lowest BCUT2D eigenvalue weighted by molar-refractivity contribution is 0.268. The average Bonchev–Trinajstić information content (AvgIpc) is 2.45. The third-order valence-corrected chi connectivity index (χ3v) is 2.69. The first-order chi connectivity index (χ1) is 10.1. The molecule has 2 rings (SSSR count). The van der Waals surface area contributed by atoms with Crippen LogP contribution < -0.4 is 9.47 Å². The number of nitriles is 1. The number of hydrogen-bond donors (Lipinski definition) is 0. The van der Waals surface area contributed by atoms with E-state index in [2.05, 4.69) is 0 Å². The largest absolute Gasteiger partial charge is 0.490 e. The standard InChI is InChI=1S/C16H13F2NO2/c1-2-20-16-7-11(9-19)3-4-15(16)21-10-12-5-13(17)8-14(18)6-12/h3-8H,2,10H2,1H3. The Bertz CT molecular complexity index is 660. The highest BCUT2D eigenvalue weighted by Crippen LogP contribution is 2.29. The molecule has 2 aromatic rings. The molecule has 0 heterocycles. The van der Waals surface area contributed by atoms with E-state index in [1.807, 2.05) is 13.0 Å². The molecule has 0 bridgehead atoms. The summed E-state index contributed by atoms with van der Waals surface area (Å²) < 4.78 is 37.1. The molecule has 0 radical (unpaired) electrons. The third kappa shape index (κ3) is 3.93. The van der Waals surface area contributed by atoms with Crippen LogP contribution in [0.1, 0.15) is 18.1 Å². The van der Waals surface area contributed by atoms with Crippen LogP contribution in [0.2, 0.25) is 0 Å². The van der Waals surface area contributed by atoms with Gasteiger partial charge in [0.2, 0.25) is 0 Å². The van der Waals surface area contributed by atoms with Crippen molar-refractivity contribution in [2.24, 2.45) is 0 Å². The number of benzene rings is 2. The van der Waals surface area contributed by atoms with Crippen molar-refractivity contribution in [2.45, 2.75) is 13.5 Å². The molecule has 0 aliphatic heterocycles. The normalized spacial score (nSPS) is 10.0. The van der Waals surface area contributed by atoms with E-state index in [9.17, 15) is 8.78 Å². The molecule has 0 aliphatic rings. The van der Waals surface area contributed by atoms with Crippen LogP contribution in [0.3, 0.4) is 0 Å². The Hall–Kier alpha value is -2.61. The molecule has 5 heteroatoms. The number of halogens is 2. The summed E-state index contributed by atoms with van der Waals surface area (Å²) >= 11 is 0. The van der Waals surface area contributed by atoms with E-state index >= 15 is 0 Å². The molecule has 0 unspecified atom stereocenters. The van der Waals surface area contributed by atoms with Crippen molar-refractivity contribution in [1.29, 1.82) is 5.26 Å². The second-order valence-electron chi connectivity index (χ2n) is 4.27. The fourth-order valence-corrected chi connectivity index (χ4v) is 1.82. The van der Waals surface area contributed by atoms with Crippen LogP contribution in [0, 0.1) is 23.0 Å². The van der Waals surface area contributed by atoms with E-state index in [-0.39, 0.29) is 6.61 Å². The van der Waals surface area contributed by atoms with Crippen molar-refractivity contribution >= 4 is 0 Å². The molecule has 0 saturated heterocycles. The predicted octanol–water partition coefficient (Wildman–Crippen LogP) is 3.81. The van der Waals surface area contributed by atoms with Crippen LogP contribution in [-0.2, 0) is 6.61 Å². The van der Waals surface area contributed by atoms with Gasteiger partial charge in [0.05, 0.1) is 18.2 Å². The smallest absolute Gasteiger partial charge is 0.162 e. The Labute approximate surface area is 121 Å². The Balaban J connectivity index is 2.17. The zero-order valence-electron chi connectivity index (χ0n) is 11.4. The van der Waals surface area contributed by atoms with E-state index in [4.69, 9.17) is 14.7 Å². The molecule has 2 aromatic carbocycles. The number of hydrogen-bond acceptors (Lipinski definition) is 3. The Morgan fingerprint density at radius 2 is 1.71 bits per heavy atom. The van der Waals surface area contributed by atoms with Gasteiger partial charge in [0.15, 0.2) is 11.5 Å². The topological polar surface area (TPSA) is 42.2 Å². The maximum Gasteiger partial charge on any atom is 0.162 e. The minimum absolute atomic E-state index is 0.000649. The average molecular weight is 289 g/mol. The van der Waals surface area contributed by atoms with E-state index < -0.39 is 11.6 Å². The quantitative estimate of drug-likeness (QED) is 0.840. The van der Waals surface area contributed by atoms with E-state index in [0.29, 0.717) is 29.2 Å². The summed E-state index contributed by atoms with van der Waals surface area (Å²) in [5, 5.41) is 8.86. The fraction of sp³-hybridized carbons (Fsp3) is 0.188. The zero-order valence-corrected chi connectivity index (χ0v) is 11.4. The van der Waals surface area contributed by atoms with Crippen LogP contribution in [0.25, 0.3) is 0 Å². The number of ether oxygens (including phenoxy) is 2. The highest BCUT2D eigenvalue weighted by Gasteiger charge is 2.08. The first kappa shape index (κ1) is 14.8. The second-order valence-corrected chi connectivity index (χ2v) is 4.27. The van der Waals surface area contributed by atoms with E-state index in [1.165, 1.54) is 12.1 Å². The summed E-state index contributed by atoms with van der Waals surface area (Å²) in [6.07, 6.45) is 0. The molecular formula is C16H13F2NO2. The molecule has 3 nitrogen and oxygen atoms in total. The first-order valence-electron chi connectivity index (χ1n) is 6.37. The lowest BCUT2D eigenvalue weighted by atomic mass is 10.2. The summed E-state index contributed by atoms with van der Waals surface area (Å²) in [6, 6.07) is 9.96. The van der Waals surface area contributed by atoms with E-state index in [0.717, 1.165) is 6.07 Å². The van der Waals surface area contributed by atoms with Gasteiger partial charge in [-0.1, -0.05) is 0 Å². The Kier molecular flexibility index (Phi) is 4.72. The van der Waals surface area contributed by atoms with Crippen LogP contribution in [0.4, 0.5) is 8.78 Å². The monoisotopic (exact) mass is 289 g/mol. The molecule has 21 heavy (non-hydrogen) atoms. The Morgan fingerprint density at radius 3 is 2.33 bits per heavy atom. The molecule has 0 amide bonds. The molecule has 0 aliphatic carbocycles. The molecule has 0 aromatic heterocycles. The SMILES string of the molecule is CCOc1cc(C#N)ccc1OCc1cc(F)cc(F)c1. The zero-order chi connectivity index (χ0) is 15.2. The summed E-state index contributed by atoms with van der Waals surface area (Å²) in [7, 11) is 0. The molecule has 0 spiro atoms. The van der Waals surface area contributed by atoms with Crippen LogP contribution in [-0.4, -0.2) is 6.61 Å².